The van der Waals surface area contributed by atoms with Crippen LogP contribution >= 0.6 is 11.6 Å². The number of rotatable bonds is 6. The minimum Gasteiger partial charge on any atom is -0.496 e. The number of hydrogen-bond donors (Lipinski definition) is 0. The van der Waals surface area contributed by atoms with Gasteiger partial charge in [-0.3, -0.25) is 4.79 Å². The molecule has 5 heteroatoms. The van der Waals surface area contributed by atoms with Gasteiger partial charge in [0.2, 0.25) is 5.78 Å². The van der Waals surface area contributed by atoms with Crippen LogP contribution in [0.1, 0.15) is 21.5 Å². The van der Waals surface area contributed by atoms with E-state index in [4.69, 9.17) is 21.1 Å². The van der Waals surface area contributed by atoms with Crippen LogP contribution in [0.3, 0.4) is 0 Å². The molecule has 0 unspecified atom stereocenters. The predicted molar refractivity (Wildman–Crippen MR) is 93.5 cm³/mol. The highest BCUT2D eigenvalue weighted by Crippen LogP contribution is 2.18. The molecular formula is C19H17ClO4. The Labute approximate surface area is 145 Å². The molecule has 124 valence electrons. The SMILES string of the molecule is COc1ccccc1C(=O)COC(=O)/C=C/c1ccc(C)c(Cl)c1. The van der Waals surface area contributed by atoms with E-state index in [1.807, 2.05) is 19.1 Å². The van der Waals surface area contributed by atoms with E-state index in [1.54, 1.807) is 36.4 Å². The van der Waals surface area contributed by atoms with Crippen LogP contribution in [0.4, 0.5) is 0 Å². The van der Waals surface area contributed by atoms with Gasteiger partial charge in [0.05, 0.1) is 12.7 Å². The first-order chi connectivity index (χ1) is 11.5. The summed E-state index contributed by atoms with van der Waals surface area (Å²) in [5.41, 5.74) is 2.11. The summed E-state index contributed by atoms with van der Waals surface area (Å²) in [6.45, 7) is 1.55. The summed E-state index contributed by atoms with van der Waals surface area (Å²) in [5.74, 6) is -0.481. The number of benzene rings is 2. The average molecular weight is 345 g/mol. The fraction of sp³-hybridized carbons (Fsp3) is 0.158. The van der Waals surface area contributed by atoms with E-state index in [9.17, 15) is 9.59 Å². The number of ketones is 1. The van der Waals surface area contributed by atoms with Crippen LogP contribution in [0, 0.1) is 6.92 Å². The predicted octanol–water partition coefficient (Wildman–Crippen LogP) is 4.10. The van der Waals surface area contributed by atoms with Crippen molar-refractivity contribution in [3.8, 4) is 5.75 Å². The second kappa shape index (κ2) is 8.31. The summed E-state index contributed by atoms with van der Waals surface area (Å²) in [4.78, 5) is 23.8. The van der Waals surface area contributed by atoms with Crippen molar-refractivity contribution in [1.82, 2.24) is 0 Å². The smallest absolute Gasteiger partial charge is 0.331 e. The van der Waals surface area contributed by atoms with Crippen LogP contribution in [0.25, 0.3) is 6.08 Å². The number of carbonyl (C=O) groups excluding carboxylic acids is 2. The number of hydrogen-bond acceptors (Lipinski definition) is 4. The lowest BCUT2D eigenvalue weighted by Gasteiger charge is -2.07. The number of aryl methyl sites for hydroxylation is 1. The zero-order valence-electron chi connectivity index (χ0n) is 13.4. The van der Waals surface area contributed by atoms with E-state index >= 15 is 0 Å². The third kappa shape index (κ3) is 4.70. The van der Waals surface area contributed by atoms with E-state index in [1.165, 1.54) is 13.2 Å². The Morgan fingerprint density at radius 3 is 2.62 bits per heavy atom. The molecule has 0 saturated carbocycles. The molecule has 0 atom stereocenters. The largest absolute Gasteiger partial charge is 0.496 e. The topological polar surface area (TPSA) is 52.6 Å². The molecule has 2 aromatic rings. The van der Waals surface area contributed by atoms with Crippen LogP contribution in [-0.4, -0.2) is 25.5 Å². The highest BCUT2D eigenvalue weighted by atomic mass is 35.5. The van der Waals surface area contributed by atoms with Gasteiger partial charge in [0, 0.05) is 11.1 Å². The summed E-state index contributed by atoms with van der Waals surface area (Å²) in [6.07, 6.45) is 2.84. The number of para-hydroxylation sites is 1. The molecular weight excluding hydrogens is 328 g/mol. The van der Waals surface area contributed by atoms with E-state index < -0.39 is 5.97 Å². The molecule has 0 radical (unpaired) electrons. The molecule has 4 nitrogen and oxygen atoms in total. The van der Waals surface area contributed by atoms with Crippen molar-refractivity contribution < 1.29 is 19.1 Å². The van der Waals surface area contributed by atoms with Gasteiger partial charge in [-0.2, -0.15) is 0 Å². The Morgan fingerprint density at radius 2 is 1.92 bits per heavy atom. The summed E-state index contributed by atoms with van der Waals surface area (Å²) in [5, 5.41) is 0.622. The summed E-state index contributed by atoms with van der Waals surface area (Å²) < 4.78 is 10.1. The molecule has 0 N–H and O–H groups in total. The van der Waals surface area contributed by atoms with Gasteiger partial charge in [-0.25, -0.2) is 4.79 Å². The lowest BCUT2D eigenvalue weighted by molar-refractivity contribution is -0.136. The molecule has 2 rings (SSSR count). The van der Waals surface area contributed by atoms with Gasteiger partial charge in [-0.15, -0.1) is 0 Å². The van der Waals surface area contributed by atoms with E-state index in [-0.39, 0.29) is 12.4 Å². The molecule has 0 spiro atoms. The van der Waals surface area contributed by atoms with Gasteiger partial charge >= 0.3 is 5.97 Å². The molecule has 0 bridgehead atoms. The zero-order valence-corrected chi connectivity index (χ0v) is 14.2. The van der Waals surface area contributed by atoms with Crippen molar-refractivity contribution in [2.75, 3.05) is 13.7 Å². The number of carbonyl (C=O) groups is 2. The Hall–Kier alpha value is -2.59. The van der Waals surface area contributed by atoms with Gasteiger partial charge in [-0.1, -0.05) is 35.9 Å². The average Bonchev–Trinajstić information content (AvgIpc) is 2.60. The molecule has 24 heavy (non-hydrogen) atoms. The van der Waals surface area contributed by atoms with E-state index in [0.717, 1.165) is 11.1 Å². The lowest BCUT2D eigenvalue weighted by Crippen LogP contribution is -2.13. The van der Waals surface area contributed by atoms with Crippen molar-refractivity contribution in [3.63, 3.8) is 0 Å². The van der Waals surface area contributed by atoms with E-state index in [2.05, 4.69) is 0 Å². The number of esters is 1. The third-order valence-corrected chi connectivity index (χ3v) is 3.77. The molecule has 0 fully saturated rings. The van der Waals surface area contributed by atoms with Gasteiger partial charge in [0.1, 0.15) is 5.75 Å². The summed E-state index contributed by atoms with van der Waals surface area (Å²) in [7, 11) is 1.48. The Bertz CT molecular complexity index is 781. The maximum atomic E-state index is 12.1. The first-order valence-electron chi connectivity index (χ1n) is 7.28. The number of methoxy groups -OCH3 is 1. The number of ether oxygens (including phenoxy) is 2. The Balaban J connectivity index is 1.94. The molecule has 0 amide bonds. The molecule has 2 aromatic carbocycles. The second-order valence-electron chi connectivity index (χ2n) is 5.07. The first kappa shape index (κ1) is 17.8. The molecule has 0 aliphatic rings. The van der Waals surface area contributed by atoms with Crippen LogP contribution < -0.4 is 4.74 Å². The van der Waals surface area contributed by atoms with Crippen LogP contribution in [0.15, 0.2) is 48.5 Å². The Kier molecular flexibility index (Phi) is 6.15. The zero-order chi connectivity index (χ0) is 17.5. The maximum absolute atomic E-state index is 12.1. The molecule has 0 aromatic heterocycles. The van der Waals surface area contributed by atoms with Crippen molar-refractivity contribution in [3.05, 3.63) is 70.3 Å². The quantitative estimate of drug-likeness (QED) is 0.450. The van der Waals surface area contributed by atoms with Gasteiger partial charge < -0.3 is 9.47 Å². The third-order valence-electron chi connectivity index (χ3n) is 3.36. The second-order valence-corrected chi connectivity index (χ2v) is 5.48. The fourth-order valence-electron chi connectivity index (χ4n) is 2.01. The highest BCUT2D eigenvalue weighted by molar-refractivity contribution is 6.31. The van der Waals surface area contributed by atoms with Gasteiger partial charge in [0.25, 0.3) is 0 Å². The van der Waals surface area contributed by atoms with Crippen LogP contribution in [-0.2, 0) is 9.53 Å². The molecule has 0 heterocycles. The van der Waals surface area contributed by atoms with Crippen LogP contribution in [0.5, 0.6) is 5.75 Å². The molecule has 0 aliphatic carbocycles. The lowest BCUT2D eigenvalue weighted by atomic mass is 10.1. The summed E-state index contributed by atoms with van der Waals surface area (Å²) in [6, 6.07) is 12.2. The number of halogens is 1. The minimum atomic E-state index is -0.602. The highest BCUT2D eigenvalue weighted by Gasteiger charge is 2.13. The van der Waals surface area contributed by atoms with Crippen molar-refractivity contribution in [2.24, 2.45) is 0 Å². The van der Waals surface area contributed by atoms with Crippen molar-refractivity contribution in [1.29, 1.82) is 0 Å². The normalized spacial score (nSPS) is 10.6. The van der Waals surface area contributed by atoms with Crippen molar-refractivity contribution >= 4 is 29.4 Å². The van der Waals surface area contributed by atoms with Crippen molar-refractivity contribution in [2.45, 2.75) is 6.92 Å². The molecule has 0 aliphatic heterocycles. The Morgan fingerprint density at radius 1 is 1.17 bits per heavy atom. The maximum Gasteiger partial charge on any atom is 0.331 e. The first-order valence-corrected chi connectivity index (χ1v) is 7.66. The monoisotopic (exact) mass is 344 g/mol. The standard InChI is InChI=1S/C19H17ClO4/c1-13-7-8-14(11-16(13)20)9-10-19(22)24-12-17(21)15-5-3-4-6-18(15)23-2/h3-11H,12H2,1-2H3/b10-9+. The summed E-state index contributed by atoms with van der Waals surface area (Å²) >= 11 is 6.02. The van der Waals surface area contributed by atoms with E-state index in [0.29, 0.717) is 16.3 Å². The van der Waals surface area contributed by atoms with Crippen LogP contribution in [0.2, 0.25) is 5.02 Å². The fourth-order valence-corrected chi connectivity index (χ4v) is 2.20. The van der Waals surface area contributed by atoms with Gasteiger partial charge in [-0.05, 0) is 42.3 Å². The minimum absolute atomic E-state index is 0.326. The van der Waals surface area contributed by atoms with Gasteiger partial charge in [0.15, 0.2) is 6.61 Å². The molecule has 0 saturated heterocycles. The number of Topliss-reactive ketones (excluding diaryl/α,β-unsaturated/α-hetero) is 1.